The van der Waals surface area contributed by atoms with Crippen molar-refractivity contribution in [1.29, 1.82) is 0 Å². The lowest BCUT2D eigenvalue weighted by Gasteiger charge is -2.32. The molecule has 146 valence electrons. The number of quaternary nitrogens is 1. The van der Waals surface area contributed by atoms with E-state index in [1.807, 2.05) is 49.4 Å². The van der Waals surface area contributed by atoms with Gasteiger partial charge in [-0.2, -0.15) is 0 Å². The summed E-state index contributed by atoms with van der Waals surface area (Å²) in [6, 6.07) is 18.9. The van der Waals surface area contributed by atoms with Crippen molar-refractivity contribution >= 4 is 32.2 Å². The van der Waals surface area contributed by atoms with Gasteiger partial charge in [0.2, 0.25) is 0 Å². The summed E-state index contributed by atoms with van der Waals surface area (Å²) in [5.74, 6) is 0. The highest BCUT2D eigenvalue weighted by Crippen LogP contribution is 2.26. The summed E-state index contributed by atoms with van der Waals surface area (Å²) in [7, 11) is -1.42. The van der Waals surface area contributed by atoms with E-state index in [1.54, 1.807) is 17.0 Å². The standard InChI is InChI=1S/C22H25N3O2S/c1-17-15-20(25-13-11-24(2)12-14-25)8-10-22(17)23-28(26,27)21-9-7-18-5-3-4-6-19(18)16-21/h3-10,15-16,23H,11-14H2,1-2H3/p+1. The zero-order valence-electron chi connectivity index (χ0n) is 16.3. The number of rotatable bonds is 4. The highest BCUT2D eigenvalue weighted by atomic mass is 32.2. The lowest BCUT2D eigenvalue weighted by atomic mass is 10.1. The normalized spacial score (nSPS) is 15.7. The largest absolute Gasteiger partial charge is 0.360 e. The molecule has 1 fully saturated rings. The number of hydrogen-bond donors (Lipinski definition) is 2. The number of piperazine rings is 1. The molecule has 6 heteroatoms. The van der Waals surface area contributed by atoms with Gasteiger partial charge < -0.3 is 9.80 Å². The van der Waals surface area contributed by atoms with Crippen molar-refractivity contribution in [2.24, 2.45) is 0 Å². The monoisotopic (exact) mass is 396 g/mol. The molecule has 4 rings (SSSR count). The number of anilines is 2. The summed E-state index contributed by atoms with van der Waals surface area (Å²) in [5.41, 5.74) is 2.70. The minimum absolute atomic E-state index is 0.275. The van der Waals surface area contributed by atoms with Crippen LogP contribution in [0.5, 0.6) is 0 Å². The van der Waals surface area contributed by atoms with E-state index in [2.05, 4.69) is 22.7 Å². The molecule has 1 aliphatic heterocycles. The molecule has 0 saturated carbocycles. The Hall–Kier alpha value is -2.57. The fraction of sp³-hybridized carbons (Fsp3) is 0.273. The van der Waals surface area contributed by atoms with Crippen LogP contribution in [-0.4, -0.2) is 41.6 Å². The first-order chi connectivity index (χ1) is 13.4. The summed E-state index contributed by atoms with van der Waals surface area (Å²) in [4.78, 5) is 4.19. The van der Waals surface area contributed by atoms with E-state index in [0.717, 1.165) is 48.2 Å². The van der Waals surface area contributed by atoms with Gasteiger partial charge in [-0.3, -0.25) is 4.72 Å². The van der Waals surface area contributed by atoms with Gasteiger partial charge in [0, 0.05) is 5.69 Å². The minimum atomic E-state index is -3.64. The van der Waals surface area contributed by atoms with Crippen molar-refractivity contribution in [1.82, 2.24) is 0 Å². The molecule has 0 aliphatic carbocycles. The fourth-order valence-electron chi connectivity index (χ4n) is 3.64. The van der Waals surface area contributed by atoms with Crippen LogP contribution in [0, 0.1) is 6.92 Å². The van der Waals surface area contributed by atoms with E-state index in [9.17, 15) is 8.42 Å². The maximum absolute atomic E-state index is 12.9. The van der Waals surface area contributed by atoms with Gasteiger partial charge in [0.25, 0.3) is 10.0 Å². The lowest BCUT2D eigenvalue weighted by molar-refractivity contribution is -0.880. The van der Waals surface area contributed by atoms with Crippen LogP contribution in [0.1, 0.15) is 5.56 Å². The Kier molecular flexibility index (Phi) is 5.00. The summed E-state index contributed by atoms with van der Waals surface area (Å²) < 4.78 is 28.5. The number of fused-ring (bicyclic) bond motifs is 1. The number of aryl methyl sites for hydroxylation is 1. The molecule has 0 radical (unpaired) electrons. The molecule has 1 heterocycles. The molecule has 3 aromatic rings. The molecular weight excluding hydrogens is 370 g/mol. The summed E-state index contributed by atoms with van der Waals surface area (Å²) >= 11 is 0. The van der Waals surface area contributed by atoms with Crippen LogP contribution in [0.25, 0.3) is 10.8 Å². The average Bonchev–Trinajstić information content (AvgIpc) is 2.69. The van der Waals surface area contributed by atoms with Gasteiger partial charge in [0.15, 0.2) is 0 Å². The van der Waals surface area contributed by atoms with Crippen LogP contribution in [0.3, 0.4) is 0 Å². The molecule has 0 unspecified atom stereocenters. The third-order valence-electron chi connectivity index (χ3n) is 5.47. The molecule has 1 aliphatic rings. The Morgan fingerprint density at radius 1 is 0.929 bits per heavy atom. The number of sulfonamides is 1. The number of nitrogens with zero attached hydrogens (tertiary/aromatic N) is 1. The van der Waals surface area contributed by atoms with Gasteiger partial charge in [-0.15, -0.1) is 0 Å². The van der Waals surface area contributed by atoms with E-state index in [-0.39, 0.29) is 4.90 Å². The molecule has 0 atom stereocenters. The van der Waals surface area contributed by atoms with E-state index in [1.165, 1.54) is 0 Å². The molecule has 5 nitrogen and oxygen atoms in total. The molecule has 0 amide bonds. The van der Waals surface area contributed by atoms with Gasteiger partial charge in [-0.05, 0) is 53.6 Å². The van der Waals surface area contributed by atoms with Gasteiger partial charge in [0.05, 0.1) is 43.8 Å². The van der Waals surface area contributed by atoms with Gasteiger partial charge in [0.1, 0.15) is 0 Å². The van der Waals surface area contributed by atoms with E-state index < -0.39 is 10.0 Å². The van der Waals surface area contributed by atoms with Gasteiger partial charge in [-0.1, -0.05) is 30.3 Å². The highest BCUT2D eigenvalue weighted by molar-refractivity contribution is 7.92. The number of nitrogens with one attached hydrogen (secondary N) is 2. The van der Waals surface area contributed by atoms with Crippen molar-refractivity contribution < 1.29 is 13.3 Å². The minimum Gasteiger partial charge on any atom is -0.360 e. The molecule has 0 spiro atoms. The van der Waals surface area contributed by atoms with E-state index in [4.69, 9.17) is 0 Å². The molecule has 1 saturated heterocycles. The van der Waals surface area contributed by atoms with Crippen molar-refractivity contribution in [3.05, 3.63) is 66.2 Å². The smallest absolute Gasteiger partial charge is 0.261 e. The van der Waals surface area contributed by atoms with Crippen LogP contribution in [-0.2, 0) is 10.0 Å². The van der Waals surface area contributed by atoms with Crippen molar-refractivity contribution in [2.75, 3.05) is 42.8 Å². The Morgan fingerprint density at radius 2 is 1.64 bits per heavy atom. The lowest BCUT2D eigenvalue weighted by Crippen LogP contribution is -3.12. The Balaban J connectivity index is 1.57. The topological polar surface area (TPSA) is 53.9 Å². The second kappa shape index (κ2) is 7.45. The van der Waals surface area contributed by atoms with Crippen LogP contribution in [0.15, 0.2) is 65.6 Å². The Bertz CT molecular complexity index is 1100. The maximum atomic E-state index is 12.9. The molecule has 28 heavy (non-hydrogen) atoms. The summed E-state index contributed by atoms with van der Waals surface area (Å²) in [6.45, 7) is 6.23. The molecule has 0 aromatic heterocycles. The second-order valence-electron chi connectivity index (χ2n) is 7.56. The zero-order chi connectivity index (χ0) is 19.7. The SMILES string of the molecule is Cc1cc(N2CC[NH+](C)CC2)ccc1NS(=O)(=O)c1ccc2ccccc2c1. The number of hydrogen-bond acceptors (Lipinski definition) is 3. The van der Waals surface area contributed by atoms with Gasteiger partial charge in [-0.25, -0.2) is 8.42 Å². The molecule has 2 N–H and O–H groups in total. The van der Waals surface area contributed by atoms with Crippen molar-refractivity contribution in [3.63, 3.8) is 0 Å². The summed E-state index contributed by atoms with van der Waals surface area (Å²) in [5, 5.41) is 1.94. The molecule has 3 aromatic carbocycles. The maximum Gasteiger partial charge on any atom is 0.261 e. The third-order valence-corrected chi connectivity index (χ3v) is 6.83. The number of likely N-dealkylation sites (N-methyl/N-ethyl adjacent to an activating group) is 1. The van der Waals surface area contributed by atoms with Crippen molar-refractivity contribution in [2.45, 2.75) is 11.8 Å². The molecule has 0 bridgehead atoms. The predicted octanol–water partition coefficient (Wildman–Crippen LogP) is 2.28. The zero-order valence-corrected chi connectivity index (χ0v) is 17.1. The van der Waals surface area contributed by atoms with Gasteiger partial charge >= 0.3 is 0 Å². The first-order valence-electron chi connectivity index (χ1n) is 9.61. The predicted molar refractivity (Wildman–Crippen MR) is 115 cm³/mol. The quantitative estimate of drug-likeness (QED) is 0.711. The fourth-order valence-corrected chi connectivity index (χ4v) is 4.81. The summed E-state index contributed by atoms with van der Waals surface area (Å²) in [6.07, 6.45) is 0. The van der Waals surface area contributed by atoms with Crippen LogP contribution in [0.4, 0.5) is 11.4 Å². The third kappa shape index (κ3) is 3.84. The van der Waals surface area contributed by atoms with Crippen molar-refractivity contribution in [3.8, 4) is 0 Å². The first kappa shape index (κ1) is 18.8. The van der Waals surface area contributed by atoms with E-state index >= 15 is 0 Å². The van der Waals surface area contributed by atoms with Crippen LogP contribution in [0.2, 0.25) is 0 Å². The second-order valence-corrected chi connectivity index (χ2v) is 9.24. The number of benzene rings is 3. The highest BCUT2D eigenvalue weighted by Gasteiger charge is 2.19. The average molecular weight is 397 g/mol. The van der Waals surface area contributed by atoms with Crippen LogP contribution >= 0.6 is 0 Å². The first-order valence-corrected chi connectivity index (χ1v) is 11.1. The Labute approximate surface area is 166 Å². The Morgan fingerprint density at radius 3 is 2.36 bits per heavy atom. The van der Waals surface area contributed by atoms with Crippen LogP contribution < -0.4 is 14.5 Å². The molecular formula is C22H26N3O2S+. The van der Waals surface area contributed by atoms with E-state index in [0.29, 0.717) is 5.69 Å².